The lowest BCUT2D eigenvalue weighted by molar-refractivity contribution is -0.384. The molecule has 3 aliphatic rings. The van der Waals surface area contributed by atoms with Crippen molar-refractivity contribution in [3.63, 3.8) is 0 Å². The van der Waals surface area contributed by atoms with Gasteiger partial charge in [-0.2, -0.15) is 11.8 Å². The molecule has 2 N–H and O–H groups in total. The molecule has 2 fully saturated rings. The predicted octanol–water partition coefficient (Wildman–Crippen LogP) is 1.20. The third-order valence-corrected chi connectivity index (χ3v) is 6.80. The third kappa shape index (κ3) is 2.50. The van der Waals surface area contributed by atoms with Gasteiger partial charge in [-0.05, 0) is 11.6 Å². The molecule has 0 aromatic heterocycles. The molecule has 0 saturated carbocycles. The lowest BCUT2D eigenvalue weighted by Crippen LogP contribution is -2.74. The van der Waals surface area contributed by atoms with Gasteiger partial charge in [0, 0.05) is 41.3 Å². The van der Waals surface area contributed by atoms with Crippen molar-refractivity contribution < 1.29 is 19.3 Å². The summed E-state index contributed by atoms with van der Waals surface area (Å²) in [4.78, 5) is 50.2. The molecule has 4 amide bonds. The molecule has 1 aromatic carbocycles. The van der Waals surface area contributed by atoms with Crippen molar-refractivity contribution >= 4 is 41.0 Å². The summed E-state index contributed by atoms with van der Waals surface area (Å²) in [5, 5.41) is 15.8. The highest BCUT2D eigenvalue weighted by Gasteiger charge is 2.62. The second kappa shape index (κ2) is 5.95. The largest absolute Gasteiger partial charge is 0.364 e. The van der Waals surface area contributed by atoms with Crippen molar-refractivity contribution in [1.82, 2.24) is 10.6 Å². The quantitative estimate of drug-likeness (QED) is 0.420. The molecule has 0 unspecified atom stereocenters. The van der Waals surface area contributed by atoms with E-state index in [1.54, 1.807) is 17.8 Å². The number of nitro groups is 1. The number of imide groups is 2. The minimum Gasteiger partial charge on any atom is -0.364 e. The van der Waals surface area contributed by atoms with Crippen LogP contribution in [0.5, 0.6) is 0 Å². The smallest absolute Gasteiger partial charge is 0.328 e. The van der Waals surface area contributed by atoms with Gasteiger partial charge in [-0.15, -0.1) is 0 Å². The minimum atomic E-state index is -1.51. The number of non-ortho nitro benzene ring substituents is 1. The molecule has 1 aromatic rings. The molecule has 142 valence electrons. The van der Waals surface area contributed by atoms with Gasteiger partial charge in [0.15, 0.2) is 5.41 Å². The van der Waals surface area contributed by atoms with Gasteiger partial charge in [-0.1, -0.05) is 13.8 Å². The third-order valence-electron chi connectivity index (χ3n) is 5.50. The van der Waals surface area contributed by atoms with Gasteiger partial charge in [-0.25, -0.2) is 4.79 Å². The fourth-order valence-electron chi connectivity index (χ4n) is 4.55. The van der Waals surface area contributed by atoms with Crippen LogP contribution in [0.25, 0.3) is 0 Å². The molecule has 0 radical (unpaired) electrons. The number of nitro benzene ring substituents is 1. The molecule has 3 atom stereocenters. The van der Waals surface area contributed by atoms with Crippen LogP contribution in [0, 0.1) is 15.5 Å². The van der Waals surface area contributed by atoms with E-state index in [1.807, 2.05) is 11.8 Å². The molecular formula is C17H18N4O5S. The van der Waals surface area contributed by atoms with Gasteiger partial charge in [-0.3, -0.25) is 30.3 Å². The Morgan fingerprint density at radius 1 is 1.22 bits per heavy atom. The van der Waals surface area contributed by atoms with E-state index in [0.717, 1.165) is 5.69 Å². The molecule has 9 nitrogen and oxygen atoms in total. The SMILES string of the molecule is C[C@@H]1CN2c3ccc([N+](=O)[O-])cc3CC3(C(=O)NC(=O)NC3=O)[C@H]2[C@H](C)S1. The average Bonchev–Trinajstić information content (AvgIpc) is 2.58. The molecule has 0 aliphatic carbocycles. The Morgan fingerprint density at radius 2 is 1.89 bits per heavy atom. The summed E-state index contributed by atoms with van der Waals surface area (Å²) in [5.41, 5.74) is -0.246. The maximum absolute atomic E-state index is 12.9. The molecule has 27 heavy (non-hydrogen) atoms. The number of anilines is 1. The van der Waals surface area contributed by atoms with E-state index in [0.29, 0.717) is 12.1 Å². The first kappa shape index (κ1) is 17.8. The van der Waals surface area contributed by atoms with E-state index in [1.165, 1.54) is 12.1 Å². The number of carbonyl (C=O) groups is 3. The number of fused-ring (bicyclic) bond motifs is 4. The van der Waals surface area contributed by atoms with Crippen LogP contribution in [0.3, 0.4) is 0 Å². The molecule has 10 heteroatoms. The molecule has 4 rings (SSSR count). The summed E-state index contributed by atoms with van der Waals surface area (Å²) in [7, 11) is 0. The summed E-state index contributed by atoms with van der Waals surface area (Å²) < 4.78 is 0. The molecule has 1 spiro atoms. The highest BCUT2D eigenvalue weighted by atomic mass is 32.2. The topological polar surface area (TPSA) is 122 Å². The highest BCUT2D eigenvalue weighted by Crippen LogP contribution is 2.49. The number of benzene rings is 1. The number of nitrogens with one attached hydrogen (secondary N) is 2. The van der Waals surface area contributed by atoms with E-state index in [2.05, 4.69) is 17.6 Å². The fourth-order valence-corrected chi connectivity index (χ4v) is 6.06. The fraction of sp³-hybridized carbons (Fsp3) is 0.471. The van der Waals surface area contributed by atoms with Crippen molar-refractivity contribution in [1.29, 1.82) is 0 Å². The Balaban J connectivity index is 1.92. The lowest BCUT2D eigenvalue weighted by atomic mass is 9.67. The zero-order valence-corrected chi connectivity index (χ0v) is 15.5. The zero-order valence-electron chi connectivity index (χ0n) is 14.7. The highest BCUT2D eigenvalue weighted by molar-refractivity contribution is 8.00. The number of nitrogens with zero attached hydrogens (tertiary/aromatic N) is 2. The standard InChI is InChI=1S/C17H18N4O5S/c1-8-7-20-12-4-3-11(21(25)26)5-10(12)6-17(13(20)9(2)27-8)14(22)18-16(24)19-15(17)23/h3-5,8-9,13H,6-7H2,1-2H3,(H2,18,19,22,23,24)/t8-,9+,13-/m1/s1. The van der Waals surface area contributed by atoms with Crippen LogP contribution in [-0.2, 0) is 16.0 Å². The maximum atomic E-state index is 12.9. The van der Waals surface area contributed by atoms with Gasteiger partial charge in [0.25, 0.3) is 5.69 Å². The van der Waals surface area contributed by atoms with Crippen LogP contribution in [0.4, 0.5) is 16.2 Å². The van der Waals surface area contributed by atoms with E-state index < -0.39 is 34.2 Å². The van der Waals surface area contributed by atoms with Crippen molar-refractivity contribution in [2.75, 3.05) is 11.4 Å². The van der Waals surface area contributed by atoms with Crippen LogP contribution < -0.4 is 15.5 Å². The summed E-state index contributed by atoms with van der Waals surface area (Å²) in [6.45, 7) is 4.63. The maximum Gasteiger partial charge on any atom is 0.328 e. The number of thioether (sulfide) groups is 1. The Hall–Kier alpha value is -2.62. The van der Waals surface area contributed by atoms with Gasteiger partial charge in [0.05, 0.1) is 11.0 Å². The number of hydrogen-bond acceptors (Lipinski definition) is 7. The lowest BCUT2D eigenvalue weighted by Gasteiger charge is -2.55. The second-order valence-electron chi connectivity index (χ2n) is 7.20. The molecule has 3 aliphatic heterocycles. The van der Waals surface area contributed by atoms with Gasteiger partial charge >= 0.3 is 6.03 Å². The molecule has 2 saturated heterocycles. The summed E-state index contributed by atoms with van der Waals surface area (Å²) in [6.07, 6.45) is 0.00933. The number of urea groups is 1. The van der Waals surface area contributed by atoms with Crippen LogP contribution in [-0.4, -0.2) is 45.9 Å². The monoisotopic (exact) mass is 390 g/mol. The zero-order chi connectivity index (χ0) is 19.5. The first-order chi connectivity index (χ1) is 12.7. The van der Waals surface area contributed by atoms with Crippen molar-refractivity contribution in [2.24, 2.45) is 5.41 Å². The minimum absolute atomic E-state index is 0.00933. The number of rotatable bonds is 1. The van der Waals surface area contributed by atoms with Gasteiger partial charge in [0.2, 0.25) is 11.8 Å². The predicted molar refractivity (Wildman–Crippen MR) is 98.6 cm³/mol. The van der Waals surface area contributed by atoms with Crippen LogP contribution in [0.15, 0.2) is 18.2 Å². The van der Waals surface area contributed by atoms with Gasteiger partial charge < -0.3 is 4.90 Å². The first-order valence-electron chi connectivity index (χ1n) is 8.60. The Labute approximate surface area is 159 Å². The van der Waals surface area contributed by atoms with Crippen molar-refractivity contribution in [3.8, 4) is 0 Å². The Morgan fingerprint density at radius 3 is 2.52 bits per heavy atom. The second-order valence-corrected chi connectivity index (χ2v) is 9.03. The normalized spacial score (nSPS) is 28.9. The van der Waals surface area contributed by atoms with E-state index in [9.17, 15) is 24.5 Å². The number of carbonyl (C=O) groups excluding carboxylic acids is 3. The number of hydrogen-bond donors (Lipinski definition) is 2. The molecular weight excluding hydrogens is 372 g/mol. The van der Waals surface area contributed by atoms with Crippen LogP contribution in [0.1, 0.15) is 19.4 Å². The molecule has 3 heterocycles. The Bertz CT molecular complexity index is 868. The number of amides is 4. The van der Waals surface area contributed by atoms with E-state index in [-0.39, 0.29) is 22.6 Å². The van der Waals surface area contributed by atoms with E-state index in [4.69, 9.17) is 0 Å². The first-order valence-corrected chi connectivity index (χ1v) is 9.54. The van der Waals surface area contributed by atoms with Crippen LogP contribution in [0.2, 0.25) is 0 Å². The van der Waals surface area contributed by atoms with Crippen molar-refractivity contribution in [2.45, 2.75) is 36.8 Å². The van der Waals surface area contributed by atoms with E-state index >= 15 is 0 Å². The summed E-state index contributed by atoms with van der Waals surface area (Å²) in [5.74, 6) is -1.30. The average molecular weight is 390 g/mol. The van der Waals surface area contributed by atoms with Crippen molar-refractivity contribution in [3.05, 3.63) is 33.9 Å². The van der Waals surface area contributed by atoms with Crippen LogP contribution >= 0.6 is 11.8 Å². The summed E-state index contributed by atoms with van der Waals surface area (Å²) >= 11 is 1.69. The number of barbiturate groups is 1. The Kier molecular flexibility index (Phi) is 3.91. The summed E-state index contributed by atoms with van der Waals surface area (Å²) in [6, 6.07) is 3.25. The molecule has 0 bridgehead atoms. The van der Waals surface area contributed by atoms with Gasteiger partial charge in [0.1, 0.15) is 0 Å².